The van der Waals surface area contributed by atoms with Crippen LogP contribution in [0.4, 0.5) is 4.39 Å². The maximum absolute atomic E-state index is 13.3. The van der Waals surface area contributed by atoms with Crippen molar-refractivity contribution in [2.24, 2.45) is 7.05 Å². The molecule has 0 aliphatic rings. The summed E-state index contributed by atoms with van der Waals surface area (Å²) >= 11 is 0. The predicted molar refractivity (Wildman–Crippen MR) is 112 cm³/mol. The maximum atomic E-state index is 13.3. The molecule has 0 N–H and O–H groups in total. The molecule has 154 valence electrons. The second kappa shape index (κ2) is 7.70. The van der Waals surface area contributed by atoms with Crippen LogP contribution >= 0.6 is 0 Å². The van der Waals surface area contributed by atoms with Crippen molar-refractivity contribution in [3.05, 3.63) is 65.5 Å². The molecule has 0 atom stereocenters. The van der Waals surface area contributed by atoms with E-state index in [1.165, 1.54) is 12.1 Å². The van der Waals surface area contributed by atoms with Crippen molar-refractivity contribution < 1.29 is 9.18 Å². The number of carbonyl (C=O) groups is 1. The lowest BCUT2D eigenvalue weighted by atomic mass is 10.0. The molecule has 0 unspecified atom stereocenters. The lowest BCUT2D eigenvalue weighted by Crippen LogP contribution is -2.30. The highest BCUT2D eigenvalue weighted by atomic mass is 19.1. The Morgan fingerprint density at radius 2 is 1.83 bits per heavy atom. The number of hydrogen-bond acceptors (Lipinski definition) is 4. The first kappa shape index (κ1) is 19.8. The van der Waals surface area contributed by atoms with E-state index in [-0.39, 0.29) is 18.3 Å². The number of halogens is 1. The van der Waals surface area contributed by atoms with Crippen LogP contribution in [-0.2, 0) is 24.9 Å². The van der Waals surface area contributed by atoms with Crippen LogP contribution in [0.2, 0.25) is 0 Å². The number of aromatic nitrogens is 5. The highest BCUT2D eigenvalue weighted by molar-refractivity contribution is 5.95. The van der Waals surface area contributed by atoms with E-state index < -0.39 is 0 Å². The van der Waals surface area contributed by atoms with E-state index in [4.69, 9.17) is 0 Å². The summed E-state index contributed by atoms with van der Waals surface area (Å²) in [5.41, 5.74) is 5.11. The minimum Gasteiger partial charge on any atom is -0.340 e. The molecule has 0 radical (unpaired) electrons. The molecule has 0 spiro atoms. The summed E-state index contributed by atoms with van der Waals surface area (Å²) in [6.07, 6.45) is 3.61. The first-order valence-electron chi connectivity index (χ1n) is 9.64. The molecular formula is C22H23FN6O. The number of fused-ring (bicyclic) bond motifs is 1. The Morgan fingerprint density at radius 3 is 2.50 bits per heavy atom. The third-order valence-electron chi connectivity index (χ3n) is 5.20. The number of benzene rings is 1. The number of carbonyl (C=O) groups excluding carboxylic acids is 1. The lowest BCUT2D eigenvalue weighted by molar-refractivity contribution is -0.131. The van der Waals surface area contributed by atoms with E-state index in [0.29, 0.717) is 12.2 Å². The molecule has 0 saturated carbocycles. The van der Waals surface area contributed by atoms with Crippen molar-refractivity contribution in [2.75, 3.05) is 7.05 Å². The van der Waals surface area contributed by atoms with Crippen LogP contribution in [0.5, 0.6) is 0 Å². The van der Waals surface area contributed by atoms with Gasteiger partial charge in [0.1, 0.15) is 12.4 Å². The highest BCUT2D eigenvalue weighted by Crippen LogP contribution is 2.30. The second-order valence-corrected chi connectivity index (χ2v) is 7.47. The van der Waals surface area contributed by atoms with Crippen molar-refractivity contribution in [1.29, 1.82) is 0 Å². The Kier molecular flexibility index (Phi) is 5.07. The first-order chi connectivity index (χ1) is 14.3. The molecule has 1 amide bonds. The largest absolute Gasteiger partial charge is 0.340 e. The van der Waals surface area contributed by atoms with Gasteiger partial charge in [-0.3, -0.25) is 9.48 Å². The van der Waals surface area contributed by atoms with Crippen LogP contribution in [0.15, 0.2) is 42.7 Å². The number of aryl methyl sites for hydroxylation is 3. The number of rotatable bonds is 5. The number of pyridine rings is 1. The average Bonchev–Trinajstić information content (AvgIpc) is 3.20. The van der Waals surface area contributed by atoms with Gasteiger partial charge in [0.05, 0.1) is 11.4 Å². The highest BCUT2D eigenvalue weighted by Gasteiger charge is 2.18. The van der Waals surface area contributed by atoms with E-state index in [0.717, 1.165) is 33.5 Å². The third kappa shape index (κ3) is 3.68. The Bertz CT molecular complexity index is 1220. The molecule has 0 aliphatic carbocycles. The minimum atomic E-state index is -0.283. The monoisotopic (exact) mass is 406 g/mol. The fourth-order valence-corrected chi connectivity index (χ4v) is 3.66. The van der Waals surface area contributed by atoms with E-state index in [1.54, 1.807) is 39.6 Å². The molecule has 1 aromatic carbocycles. The van der Waals surface area contributed by atoms with Crippen LogP contribution in [-0.4, -0.2) is 42.4 Å². The summed E-state index contributed by atoms with van der Waals surface area (Å²) in [5.74, 6) is -0.356. The number of amides is 1. The van der Waals surface area contributed by atoms with Crippen LogP contribution < -0.4 is 0 Å². The maximum Gasteiger partial charge on any atom is 0.244 e. The molecule has 4 aromatic rings. The average molecular weight is 406 g/mol. The van der Waals surface area contributed by atoms with Crippen molar-refractivity contribution in [3.8, 4) is 11.1 Å². The SMILES string of the molecule is Cc1nn(C)cc1CN(C)C(=O)Cn1nc(C)c2c(-c3ccc(F)cc3)ccnc21. The molecule has 0 fully saturated rings. The van der Waals surface area contributed by atoms with Crippen LogP contribution in [0.3, 0.4) is 0 Å². The lowest BCUT2D eigenvalue weighted by Gasteiger charge is -2.17. The molecule has 0 bridgehead atoms. The fraction of sp³-hybridized carbons (Fsp3) is 0.273. The normalized spacial score (nSPS) is 11.2. The molecule has 30 heavy (non-hydrogen) atoms. The number of hydrogen-bond donors (Lipinski definition) is 0. The molecular weight excluding hydrogens is 383 g/mol. The summed E-state index contributed by atoms with van der Waals surface area (Å²) < 4.78 is 16.7. The van der Waals surface area contributed by atoms with Gasteiger partial charge in [-0.2, -0.15) is 10.2 Å². The standard InChI is InChI=1S/C22H23FN6O/c1-14-17(12-28(4)25-14)11-27(3)20(30)13-29-22-21(15(2)26-29)19(9-10-24-22)16-5-7-18(23)8-6-16/h5-10,12H,11,13H2,1-4H3. The predicted octanol–water partition coefficient (Wildman–Crippen LogP) is 3.25. The van der Waals surface area contributed by atoms with Crippen molar-refractivity contribution >= 4 is 16.9 Å². The molecule has 3 heterocycles. The molecule has 7 nitrogen and oxygen atoms in total. The van der Waals surface area contributed by atoms with Gasteiger partial charge in [0.25, 0.3) is 0 Å². The van der Waals surface area contributed by atoms with E-state index in [9.17, 15) is 9.18 Å². The van der Waals surface area contributed by atoms with Gasteiger partial charge < -0.3 is 4.90 Å². The third-order valence-corrected chi connectivity index (χ3v) is 5.20. The van der Waals surface area contributed by atoms with Crippen LogP contribution in [0.1, 0.15) is 17.0 Å². The van der Waals surface area contributed by atoms with Gasteiger partial charge in [0.15, 0.2) is 5.65 Å². The Hall–Kier alpha value is -3.55. The summed E-state index contributed by atoms with van der Waals surface area (Å²) in [6.45, 7) is 4.38. The van der Waals surface area contributed by atoms with E-state index in [2.05, 4.69) is 15.2 Å². The number of nitrogens with zero attached hydrogens (tertiary/aromatic N) is 6. The van der Waals surface area contributed by atoms with Crippen molar-refractivity contribution in [3.63, 3.8) is 0 Å². The smallest absolute Gasteiger partial charge is 0.244 e. The second-order valence-electron chi connectivity index (χ2n) is 7.47. The van der Waals surface area contributed by atoms with Gasteiger partial charge in [-0.15, -0.1) is 0 Å². The summed E-state index contributed by atoms with van der Waals surface area (Å²) in [4.78, 5) is 19.0. The Balaban J connectivity index is 1.62. The summed E-state index contributed by atoms with van der Waals surface area (Å²) in [6, 6.07) is 8.21. The van der Waals surface area contributed by atoms with Crippen molar-refractivity contribution in [1.82, 2.24) is 29.4 Å². The van der Waals surface area contributed by atoms with Gasteiger partial charge in [-0.1, -0.05) is 12.1 Å². The zero-order valence-electron chi connectivity index (χ0n) is 17.4. The summed E-state index contributed by atoms with van der Waals surface area (Å²) in [7, 11) is 3.63. The van der Waals surface area contributed by atoms with Gasteiger partial charge >= 0.3 is 0 Å². The van der Waals surface area contributed by atoms with Crippen LogP contribution in [0.25, 0.3) is 22.2 Å². The van der Waals surface area contributed by atoms with Gasteiger partial charge in [0.2, 0.25) is 5.91 Å². The molecule has 0 aliphatic heterocycles. The minimum absolute atomic E-state index is 0.0726. The molecule has 8 heteroatoms. The molecule has 0 saturated heterocycles. The zero-order chi connectivity index (χ0) is 21.4. The topological polar surface area (TPSA) is 68.8 Å². The zero-order valence-corrected chi connectivity index (χ0v) is 17.4. The van der Waals surface area contributed by atoms with Crippen molar-refractivity contribution in [2.45, 2.75) is 26.9 Å². The van der Waals surface area contributed by atoms with Gasteiger partial charge in [0, 0.05) is 44.0 Å². The fourth-order valence-electron chi connectivity index (χ4n) is 3.66. The Morgan fingerprint density at radius 1 is 1.10 bits per heavy atom. The number of likely N-dealkylation sites (N-methyl/N-ethyl adjacent to an activating group) is 1. The van der Waals surface area contributed by atoms with E-state index >= 15 is 0 Å². The van der Waals surface area contributed by atoms with E-state index in [1.807, 2.05) is 33.2 Å². The van der Waals surface area contributed by atoms with Crippen LogP contribution in [0, 0.1) is 19.7 Å². The molecule has 4 rings (SSSR count). The van der Waals surface area contributed by atoms with Gasteiger partial charge in [-0.25, -0.2) is 14.1 Å². The summed E-state index contributed by atoms with van der Waals surface area (Å²) in [5, 5.41) is 9.75. The van der Waals surface area contributed by atoms with Gasteiger partial charge in [-0.05, 0) is 43.2 Å². The molecule has 3 aromatic heterocycles. The first-order valence-corrected chi connectivity index (χ1v) is 9.64. The Labute approximate surface area is 173 Å². The quantitative estimate of drug-likeness (QED) is 0.510.